The lowest BCUT2D eigenvalue weighted by Crippen LogP contribution is -2.32. The molecule has 0 radical (unpaired) electrons. The molecule has 17 heavy (non-hydrogen) atoms. The van der Waals surface area contributed by atoms with E-state index >= 15 is 0 Å². The first-order valence-electron chi connectivity index (χ1n) is 4.43. The molecule has 1 aromatic rings. The van der Waals surface area contributed by atoms with Crippen LogP contribution in [0, 0.1) is 11.6 Å². The van der Waals surface area contributed by atoms with E-state index in [0.29, 0.717) is 6.07 Å². The van der Waals surface area contributed by atoms with Crippen molar-refractivity contribution in [2.75, 3.05) is 4.72 Å². The molecule has 1 rings (SSSR count). The topological polar surface area (TPSA) is 83.5 Å². The highest BCUT2D eigenvalue weighted by Crippen LogP contribution is 2.16. The molecule has 0 amide bonds. The first-order chi connectivity index (χ1) is 7.74. The van der Waals surface area contributed by atoms with Crippen molar-refractivity contribution in [3.8, 4) is 0 Å². The molecule has 2 N–H and O–H groups in total. The molecule has 0 saturated carbocycles. The van der Waals surface area contributed by atoms with E-state index in [1.165, 1.54) is 0 Å². The predicted molar refractivity (Wildman–Crippen MR) is 56.0 cm³/mol. The van der Waals surface area contributed by atoms with E-state index in [2.05, 4.69) is 0 Å². The predicted octanol–water partition coefficient (Wildman–Crippen LogP) is 1.18. The second-order valence-electron chi connectivity index (χ2n) is 3.26. The summed E-state index contributed by atoms with van der Waals surface area (Å²) < 4.78 is 50.1. The molecular formula is C9H9F2NO4S. The standard InChI is InChI=1S/C9H9F2NO4S/c1-5(9(13)14)17(15,16)12-6-2-3-7(10)8(11)4-6/h2-5,12H,1H3,(H,13,14). The number of benzene rings is 1. The molecular weight excluding hydrogens is 256 g/mol. The normalized spacial score (nSPS) is 13.1. The van der Waals surface area contributed by atoms with Crippen molar-refractivity contribution in [2.24, 2.45) is 0 Å². The first-order valence-corrected chi connectivity index (χ1v) is 5.98. The molecule has 0 aliphatic rings. The fourth-order valence-electron chi connectivity index (χ4n) is 0.945. The molecule has 8 heteroatoms. The summed E-state index contributed by atoms with van der Waals surface area (Å²) in [5.41, 5.74) is -0.239. The Hall–Kier alpha value is -1.70. The fourth-order valence-corrected chi connectivity index (χ4v) is 1.84. The van der Waals surface area contributed by atoms with Crippen LogP contribution in [0.15, 0.2) is 18.2 Å². The summed E-state index contributed by atoms with van der Waals surface area (Å²) in [6.07, 6.45) is 0. The van der Waals surface area contributed by atoms with E-state index in [0.717, 1.165) is 19.1 Å². The number of carboxylic acid groups (broad SMARTS) is 1. The highest BCUT2D eigenvalue weighted by atomic mass is 32.2. The van der Waals surface area contributed by atoms with E-state index in [1.54, 1.807) is 0 Å². The molecule has 0 bridgehead atoms. The molecule has 0 aliphatic heterocycles. The first kappa shape index (κ1) is 13.4. The third-order valence-electron chi connectivity index (χ3n) is 1.99. The van der Waals surface area contributed by atoms with Crippen LogP contribution in [0.5, 0.6) is 0 Å². The Kier molecular flexibility index (Phi) is 3.66. The van der Waals surface area contributed by atoms with Crippen LogP contribution < -0.4 is 4.72 Å². The Morgan fingerprint density at radius 3 is 2.41 bits per heavy atom. The summed E-state index contributed by atoms with van der Waals surface area (Å²) in [6, 6.07) is 2.35. The molecule has 1 aromatic carbocycles. The van der Waals surface area contributed by atoms with Crippen LogP contribution >= 0.6 is 0 Å². The van der Waals surface area contributed by atoms with Gasteiger partial charge in [0.25, 0.3) is 0 Å². The molecule has 0 fully saturated rings. The summed E-state index contributed by atoms with van der Waals surface area (Å²) in [6.45, 7) is 0.963. The van der Waals surface area contributed by atoms with E-state index < -0.39 is 32.9 Å². The average molecular weight is 265 g/mol. The van der Waals surface area contributed by atoms with Crippen molar-refractivity contribution in [1.82, 2.24) is 0 Å². The number of halogens is 2. The minimum atomic E-state index is -4.18. The van der Waals surface area contributed by atoms with Crippen LogP contribution in [0.2, 0.25) is 0 Å². The number of anilines is 1. The molecule has 5 nitrogen and oxygen atoms in total. The van der Waals surface area contributed by atoms with E-state index in [-0.39, 0.29) is 5.69 Å². The summed E-state index contributed by atoms with van der Waals surface area (Å²) in [5.74, 6) is -3.90. The SMILES string of the molecule is CC(C(=O)O)S(=O)(=O)Nc1ccc(F)c(F)c1. The van der Waals surface area contributed by atoms with Gasteiger partial charge in [0.15, 0.2) is 16.9 Å². The van der Waals surface area contributed by atoms with Crippen molar-refractivity contribution in [3.05, 3.63) is 29.8 Å². The van der Waals surface area contributed by atoms with Gasteiger partial charge in [0.05, 0.1) is 5.69 Å². The zero-order valence-electron chi connectivity index (χ0n) is 8.65. The van der Waals surface area contributed by atoms with Gasteiger partial charge >= 0.3 is 5.97 Å². The second kappa shape index (κ2) is 4.66. The van der Waals surface area contributed by atoms with Gasteiger partial charge in [-0.25, -0.2) is 17.2 Å². The van der Waals surface area contributed by atoms with Crippen LogP contribution in [-0.2, 0) is 14.8 Å². The molecule has 0 aliphatic carbocycles. The molecule has 0 spiro atoms. The van der Waals surface area contributed by atoms with Crippen LogP contribution in [0.25, 0.3) is 0 Å². The van der Waals surface area contributed by atoms with Gasteiger partial charge in [0.2, 0.25) is 10.0 Å². The van der Waals surface area contributed by atoms with Crippen molar-refractivity contribution in [2.45, 2.75) is 12.2 Å². The molecule has 1 unspecified atom stereocenters. The van der Waals surface area contributed by atoms with Gasteiger partial charge in [-0.1, -0.05) is 0 Å². The van der Waals surface area contributed by atoms with E-state index in [9.17, 15) is 22.0 Å². The van der Waals surface area contributed by atoms with E-state index in [1.807, 2.05) is 4.72 Å². The Morgan fingerprint density at radius 1 is 1.35 bits per heavy atom. The Labute approximate surface area is 96.1 Å². The van der Waals surface area contributed by atoms with Crippen LogP contribution in [0.1, 0.15) is 6.92 Å². The molecule has 0 aromatic heterocycles. The molecule has 0 heterocycles. The van der Waals surface area contributed by atoms with Gasteiger partial charge in [-0.05, 0) is 19.1 Å². The van der Waals surface area contributed by atoms with Gasteiger partial charge in [0, 0.05) is 6.07 Å². The van der Waals surface area contributed by atoms with Crippen molar-refractivity contribution >= 4 is 21.7 Å². The highest BCUT2D eigenvalue weighted by molar-refractivity contribution is 7.94. The summed E-state index contributed by atoms with van der Waals surface area (Å²) in [7, 11) is -4.18. The van der Waals surface area contributed by atoms with E-state index in [4.69, 9.17) is 5.11 Å². The number of aliphatic carboxylic acids is 1. The number of sulfonamides is 1. The maximum Gasteiger partial charge on any atom is 0.323 e. The number of hydrogen-bond acceptors (Lipinski definition) is 3. The van der Waals surface area contributed by atoms with Crippen molar-refractivity contribution in [3.63, 3.8) is 0 Å². The maximum atomic E-state index is 12.8. The number of carboxylic acids is 1. The number of carbonyl (C=O) groups is 1. The summed E-state index contributed by atoms with van der Waals surface area (Å²) in [4.78, 5) is 10.5. The lowest BCUT2D eigenvalue weighted by Gasteiger charge is -2.11. The number of hydrogen-bond donors (Lipinski definition) is 2. The third-order valence-corrected chi connectivity index (χ3v) is 3.65. The lowest BCUT2D eigenvalue weighted by molar-refractivity contribution is -0.136. The van der Waals surface area contributed by atoms with Gasteiger partial charge in [-0.15, -0.1) is 0 Å². The quantitative estimate of drug-likeness (QED) is 0.856. The Morgan fingerprint density at radius 2 is 1.94 bits per heavy atom. The Balaban J connectivity index is 2.98. The number of nitrogens with one attached hydrogen (secondary N) is 1. The molecule has 94 valence electrons. The minimum Gasteiger partial charge on any atom is -0.480 e. The Bertz CT molecular complexity index is 544. The molecule has 0 saturated heterocycles. The van der Waals surface area contributed by atoms with Gasteiger partial charge in [0.1, 0.15) is 0 Å². The summed E-state index contributed by atoms with van der Waals surface area (Å²) >= 11 is 0. The van der Waals surface area contributed by atoms with Gasteiger partial charge < -0.3 is 5.11 Å². The summed E-state index contributed by atoms with van der Waals surface area (Å²) in [5, 5.41) is 6.84. The fraction of sp³-hybridized carbons (Fsp3) is 0.222. The monoisotopic (exact) mass is 265 g/mol. The van der Waals surface area contributed by atoms with Gasteiger partial charge in [-0.2, -0.15) is 0 Å². The van der Waals surface area contributed by atoms with Crippen LogP contribution in [-0.4, -0.2) is 24.7 Å². The van der Waals surface area contributed by atoms with Crippen LogP contribution in [0.3, 0.4) is 0 Å². The largest absolute Gasteiger partial charge is 0.480 e. The smallest absolute Gasteiger partial charge is 0.323 e. The van der Waals surface area contributed by atoms with Crippen molar-refractivity contribution in [1.29, 1.82) is 0 Å². The second-order valence-corrected chi connectivity index (χ2v) is 5.26. The maximum absolute atomic E-state index is 12.8. The number of rotatable bonds is 4. The minimum absolute atomic E-state index is 0.239. The average Bonchev–Trinajstić information content (AvgIpc) is 2.22. The zero-order valence-corrected chi connectivity index (χ0v) is 9.46. The highest BCUT2D eigenvalue weighted by Gasteiger charge is 2.27. The van der Waals surface area contributed by atoms with Crippen molar-refractivity contribution < 1.29 is 27.1 Å². The zero-order chi connectivity index (χ0) is 13.2. The van der Waals surface area contributed by atoms with Gasteiger partial charge in [-0.3, -0.25) is 9.52 Å². The molecule has 1 atom stereocenters. The lowest BCUT2D eigenvalue weighted by atomic mass is 10.3. The van der Waals surface area contributed by atoms with Crippen LogP contribution in [0.4, 0.5) is 14.5 Å². The third kappa shape index (κ3) is 3.13.